The van der Waals surface area contributed by atoms with Gasteiger partial charge in [-0.25, -0.2) is 9.79 Å². The number of amidine groups is 1. The van der Waals surface area contributed by atoms with E-state index in [9.17, 15) is 9.59 Å². The number of amides is 3. The summed E-state index contributed by atoms with van der Waals surface area (Å²) in [6.07, 6.45) is 1.46. The summed E-state index contributed by atoms with van der Waals surface area (Å²) >= 11 is 1.50. The van der Waals surface area contributed by atoms with Crippen molar-refractivity contribution >= 4 is 28.9 Å². The van der Waals surface area contributed by atoms with E-state index in [-0.39, 0.29) is 18.5 Å². The third-order valence-electron chi connectivity index (χ3n) is 5.12. The molecule has 0 spiro atoms. The number of hydrogen-bond donors (Lipinski definition) is 0. The quantitative estimate of drug-likeness (QED) is 0.800. The van der Waals surface area contributed by atoms with Crippen molar-refractivity contribution in [1.82, 2.24) is 14.7 Å². The minimum absolute atomic E-state index is 0.194. The first-order chi connectivity index (χ1) is 13.6. The van der Waals surface area contributed by atoms with Gasteiger partial charge in [-0.1, -0.05) is 72.4 Å². The molecule has 2 aromatic carbocycles. The second-order valence-electron chi connectivity index (χ2n) is 6.89. The van der Waals surface area contributed by atoms with E-state index < -0.39 is 12.2 Å². The van der Waals surface area contributed by atoms with Gasteiger partial charge < -0.3 is 9.80 Å². The lowest BCUT2D eigenvalue weighted by molar-refractivity contribution is -0.138. The number of carbonyl (C=O) groups is 2. The molecule has 144 valence electrons. The Morgan fingerprint density at radius 2 is 1.50 bits per heavy atom. The van der Waals surface area contributed by atoms with E-state index in [1.165, 1.54) is 16.7 Å². The molecular formula is C21H22N4O2S. The maximum atomic E-state index is 13.4. The van der Waals surface area contributed by atoms with Crippen LogP contribution in [0.2, 0.25) is 0 Å². The van der Waals surface area contributed by atoms with Gasteiger partial charge in [0, 0.05) is 13.6 Å². The minimum atomic E-state index is -0.505. The highest BCUT2D eigenvalue weighted by Crippen LogP contribution is 2.32. The van der Waals surface area contributed by atoms with Gasteiger partial charge in [-0.15, -0.1) is 0 Å². The zero-order valence-corrected chi connectivity index (χ0v) is 16.7. The van der Waals surface area contributed by atoms with E-state index in [1.54, 1.807) is 11.9 Å². The Hall–Kier alpha value is -2.80. The van der Waals surface area contributed by atoms with Gasteiger partial charge in [-0.2, -0.15) is 0 Å². The molecule has 3 amide bonds. The fourth-order valence-electron chi connectivity index (χ4n) is 3.68. The summed E-state index contributed by atoms with van der Waals surface area (Å²) < 4.78 is 0. The highest BCUT2D eigenvalue weighted by molar-refractivity contribution is 8.13. The number of nitrogens with zero attached hydrogens (tertiary/aromatic N) is 4. The molecule has 0 radical (unpaired) electrons. The number of aliphatic imine (C=N–C) groups is 1. The molecule has 0 N–H and O–H groups in total. The third kappa shape index (κ3) is 3.26. The SMILES string of the molecule is CSC1=NC2C(C(=O)N(Cc3ccccc3)C(=O)N2C)N1Cc1ccccc1. The summed E-state index contributed by atoms with van der Waals surface area (Å²) in [7, 11) is 1.72. The first-order valence-electron chi connectivity index (χ1n) is 9.14. The van der Waals surface area contributed by atoms with Crippen LogP contribution >= 0.6 is 11.8 Å². The molecule has 2 aliphatic rings. The van der Waals surface area contributed by atoms with Crippen LogP contribution in [0.15, 0.2) is 65.7 Å². The Bertz CT molecular complexity index is 903. The van der Waals surface area contributed by atoms with Crippen LogP contribution in [0.3, 0.4) is 0 Å². The summed E-state index contributed by atoms with van der Waals surface area (Å²) in [4.78, 5) is 35.9. The van der Waals surface area contributed by atoms with E-state index in [2.05, 4.69) is 0 Å². The van der Waals surface area contributed by atoms with Gasteiger partial charge in [0.15, 0.2) is 17.4 Å². The van der Waals surface area contributed by atoms with Crippen molar-refractivity contribution in [3.8, 4) is 0 Å². The van der Waals surface area contributed by atoms with Gasteiger partial charge >= 0.3 is 6.03 Å². The first-order valence-corrected chi connectivity index (χ1v) is 10.4. The molecule has 0 bridgehead atoms. The first kappa shape index (κ1) is 18.6. The minimum Gasteiger partial charge on any atom is -0.331 e. The Morgan fingerprint density at radius 1 is 0.929 bits per heavy atom. The molecule has 2 aromatic rings. The standard InChI is InChI=1S/C21H22N4O2S/c1-23-18-17(19(26)25(21(23)27)14-16-11-7-4-8-12-16)24(20(22-18)28-2)13-15-9-5-3-6-10-15/h3-12,17-18H,13-14H2,1-2H3. The van der Waals surface area contributed by atoms with Crippen LogP contribution in [0.5, 0.6) is 0 Å². The summed E-state index contributed by atoms with van der Waals surface area (Å²) in [5.41, 5.74) is 2.03. The van der Waals surface area contributed by atoms with Crippen molar-refractivity contribution < 1.29 is 9.59 Å². The highest BCUT2D eigenvalue weighted by atomic mass is 32.2. The molecule has 1 fully saturated rings. The van der Waals surface area contributed by atoms with E-state index in [4.69, 9.17) is 4.99 Å². The van der Waals surface area contributed by atoms with E-state index >= 15 is 0 Å². The fraction of sp³-hybridized carbons (Fsp3) is 0.286. The van der Waals surface area contributed by atoms with E-state index in [0.29, 0.717) is 6.54 Å². The molecule has 0 aromatic heterocycles. The van der Waals surface area contributed by atoms with Crippen molar-refractivity contribution in [3.05, 3.63) is 71.8 Å². The van der Waals surface area contributed by atoms with Gasteiger partial charge in [0.2, 0.25) is 0 Å². The Morgan fingerprint density at radius 3 is 2.07 bits per heavy atom. The lowest BCUT2D eigenvalue weighted by Crippen LogP contribution is -2.64. The van der Waals surface area contributed by atoms with Crippen LogP contribution in [0.25, 0.3) is 0 Å². The van der Waals surface area contributed by atoms with Crippen LogP contribution in [0.1, 0.15) is 11.1 Å². The summed E-state index contributed by atoms with van der Waals surface area (Å²) in [6.45, 7) is 0.842. The summed E-state index contributed by atoms with van der Waals surface area (Å²) in [5, 5.41) is 0.786. The number of hydrogen-bond acceptors (Lipinski definition) is 5. The van der Waals surface area contributed by atoms with Crippen molar-refractivity contribution in [1.29, 1.82) is 0 Å². The summed E-state index contributed by atoms with van der Waals surface area (Å²) in [5.74, 6) is -0.194. The van der Waals surface area contributed by atoms with Crippen LogP contribution in [-0.2, 0) is 17.9 Å². The van der Waals surface area contributed by atoms with Gasteiger partial charge in [0.25, 0.3) is 5.91 Å². The van der Waals surface area contributed by atoms with Gasteiger partial charge in [0.05, 0.1) is 6.54 Å². The van der Waals surface area contributed by atoms with Crippen molar-refractivity contribution in [2.75, 3.05) is 13.3 Å². The molecule has 6 nitrogen and oxygen atoms in total. The predicted molar refractivity (Wildman–Crippen MR) is 111 cm³/mol. The molecule has 2 aliphatic heterocycles. The molecule has 1 saturated heterocycles. The maximum Gasteiger partial charge on any atom is 0.328 e. The Labute approximate surface area is 168 Å². The number of fused-ring (bicyclic) bond motifs is 1. The second-order valence-corrected chi connectivity index (χ2v) is 7.66. The molecular weight excluding hydrogens is 372 g/mol. The van der Waals surface area contributed by atoms with Crippen LogP contribution in [0.4, 0.5) is 4.79 Å². The van der Waals surface area contributed by atoms with Gasteiger partial charge in [-0.05, 0) is 17.4 Å². The zero-order valence-electron chi connectivity index (χ0n) is 15.9. The molecule has 2 unspecified atom stereocenters. The smallest absolute Gasteiger partial charge is 0.328 e. The number of urea groups is 1. The maximum absolute atomic E-state index is 13.4. The highest BCUT2D eigenvalue weighted by Gasteiger charge is 2.51. The number of imide groups is 1. The predicted octanol–water partition coefficient (Wildman–Crippen LogP) is 3.01. The van der Waals surface area contributed by atoms with Gasteiger partial charge in [-0.3, -0.25) is 9.69 Å². The molecule has 7 heteroatoms. The molecule has 4 rings (SSSR count). The van der Waals surface area contributed by atoms with Crippen molar-refractivity contribution in [2.24, 2.45) is 4.99 Å². The largest absolute Gasteiger partial charge is 0.331 e. The monoisotopic (exact) mass is 394 g/mol. The molecule has 28 heavy (non-hydrogen) atoms. The van der Waals surface area contributed by atoms with E-state index in [1.807, 2.05) is 71.8 Å². The normalized spacial score (nSPS) is 21.8. The average molecular weight is 395 g/mol. The Kier molecular flexibility index (Phi) is 5.09. The molecule has 0 aliphatic carbocycles. The number of carbonyl (C=O) groups excluding carboxylic acids is 2. The average Bonchev–Trinajstić information content (AvgIpc) is 3.09. The topological polar surface area (TPSA) is 56.2 Å². The lowest BCUT2D eigenvalue weighted by atomic mass is 10.1. The number of thioether (sulfide) groups is 1. The summed E-state index contributed by atoms with van der Waals surface area (Å²) in [6, 6.07) is 18.8. The molecule has 2 heterocycles. The van der Waals surface area contributed by atoms with Crippen molar-refractivity contribution in [3.63, 3.8) is 0 Å². The second kappa shape index (κ2) is 7.67. The Balaban J connectivity index is 1.64. The zero-order chi connectivity index (χ0) is 19.7. The van der Waals surface area contributed by atoms with Crippen LogP contribution < -0.4 is 0 Å². The number of benzene rings is 2. The van der Waals surface area contributed by atoms with Gasteiger partial charge in [0.1, 0.15) is 0 Å². The van der Waals surface area contributed by atoms with Crippen LogP contribution in [0, 0.1) is 0 Å². The molecule has 2 atom stereocenters. The third-order valence-corrected chi connectivity index (χ3v) is 5.82. The number of likely N-dealkylation sites (N-methyl/N-ethyl adjacent to an activating group) is 1. The van der Waals surface area contributed by atoms with Crippen molar-refractivity contribution in [2.45, 2.75) is 25.3 Å². The van der Waals surface area contributed by atoms with E-state index in [0.717, 1.165) is 16.3 Å². The lowest BCUT2D eigenvalue weighted by Gasteiger charge is -2.41. The fourth-order valence-corrected chi connectivity index (χ4v) is 4.31. The molecule has 0 saturated carbocycles. The number of rotatable bonds is 4. The van der Waals surface area contributed by atoms with Crippen LogP contribution in [-0.4, -0.2) is 57.3 Å².